The van der Waals surface area contributed by atoms with E-state index >= 15 is 0 Å². The molecule has 2 aromatic rings. The second-order valence-electron chi connectivity index (χ2n) is 3.78. The number of phenolic OH excluding ortho intramolecular Hbond substituents is 2. The van der Waals surface area contributed by atoms with Gasteiger partial charge in [0.15, 0.2) is 0 Å². The van der Waals surface area contributed by atoms with Crippen molar-refractivity contribution >= 4 is 17.3 Å². The summed E-state index contributed by atoms with van der Waals surface area (Å²) in [7, 11) is 0. The quantitative estimate of drug-likeness (QED) is 0.607. The standard InChI is InChI=1S/C13H12N2O3/c14-11-3-1-2-4-12(11)15-13(18)8-5-9(16)7-10(17)6-8/h1-7,16-17H,14H2,(H,15,18). The van der Waals surface area contributed by atoms with Gasteiger partial charge in [-0.15, -0.1) is 0 Å². The zero-order valence-electron chi connectivity index (χ0n) is 9.42. The summed E-state index contributed by atoms with van der Waals surface area (Å²) < 4.78 is 0. The molecule has 0 bridgehead atoms. The van der Waals surface area contributed by atoms with Crippen molar-refractivity contribution in [3.8, 4) is 11.5 Å². The molecule has 0 saturated heterocycles. The van der Waals surface area contributed by atoms with Crippen molar-refractivity contribution in [2.45, 2.75) is 0 Å². The maximum absolute atomic E-state index is 11.9. The SMILES string of the molecule is Nc1ccccc1NC(=O)c1cc(O)cc(O)c1. The van der Waals surface area contributed by atoms with Gasteiger partial charge in [-0.3, -0.25) is 4.79 Å². The highest BCUT2D eigenvalue weighted by atomic mass is 16.3. The lowest BCUT2D eigenvalue weighted by atomic mass is 10.1. The molecular formula is C13H12N2O3. The smallest absolute Gasteiger partial charge is 0.255 e. The number of phenols is 2. The normalized spacial score (nSPS) is 10.0. The summed E-state index contributed by atoms with van der Waals surface area (Å²) in [6.07, 6.45) is 0. The van der Waals surface area contributed by atoms with Gasteiger partial charge >= 0.3 is 0 Å². The minimum Gasteiger partial charge on any atom is -0.508 e. The van der Waals surface area contributed by atoms with Crippen LogP contribution < -0.4 is 11.1 Å². The zero-order valence-corrected chi connectivity index (χ0v) is 9.42. The maximum Gasteiger partial charge on any atom is 0.255 e. The van der Waals surface area contributed by atoms with Gasteiger partial charge in [-0.05, 0) is 24.3 Å². The molecule has 2 rings (SSSR count). The Labute approximate surface area is 103 Å². The van der Waals surface area contributed by atoms with Crippen LogP contribution in [0, 0.1) is 0 Å². The molecule has 18 heavy (non-hydrogen) atoms. The number of aromatic hydroxyl groups is 2. The third-order valence-corrected chi connectivity index (χ3v) is 2.37. The summed E-state index contributed by atoms with van der Waals surface area (Å²) in [6, 6.07) is 10.5. The molecule has 5 nitrogen and oxygen atoms in total. The highest BCUT2D eigenvalue weighted by molar-refractivity contribution is 6.06. The predicted octanol–water partition coefficient (Wildman–Crippen LogP) is 1.93. The van der Waals surface area contributed by atoms with Crippen molar-refractivity contribution in [2.24, 2.45) is 0 Å². The number of para-hydroxylation sites is 2. The number of hydrogen-bond acceptors (Lipinski definition) is 4. The highest BCUT2D eigenvalue weighted by Crippen LogP contribution is 2.22. The van der Waals surface area contributed by atoms with E-state index in [4.69, 9.17) is 5.73 Å². The Balaban J connectivity index is 2.25. The van der Waals surface area contributed by atoms with Crippen LogP contribution in [0.5, 0.6) is 11.5 Å². The van der Waals surface area contributed by atoms with Crippen LogP contribution in [0.3, 0.4) is 0 Å². The van der Waals surface area contributed by atoms with Crippen LogP contribution in [0.4, 0.5) is 11.4 Å². The van der Waals surface area contributed by atoms with E-state index in [0.29, 0.717) is 11.4 Å². The van der Waals surface area contributed by atoms with Crippen molar-refractivity contribution in [1.29, 1.82) is 0 Å². The van der Waals surface area contributed by atoms with Crippen LogP contribution in [-0.4, -0.2) is 16.1 Å². The van der Waals surface area contributed by atoms with Gasteiger partial charge in [0.25, 0.3) is 5.91 Å². The van der Waals surface area contributed by atoms with Crippen molar-refractivity contribution in [1.82, 2.24) is 0 Å². The molecule has 2 aromatic carbocycles. The number of carbonyl (C=O) groups is 1. The molecule has 0 aliphatic carbocycles. The summed E-state index contributed by atoms with van der Waals surface area (Å²) in [4.78, 5) is 11.9. The molecule has 1 amide bonds. The number of carbonyl (C=O) groups excluding carboxylic acids is 1. The Hall–Kier alpha value is -2.69. The first-order valence-electron chi connectivity index (χ1n) is 5.25. The molecule has 92 valence electrons. The molecule has 5 N–H and O–H groups in total. The van der Waals surface area contributed by atoms with Gasteiger partial charge in [-0.25, -0.2) is 0 Å². The average molecular weight is 244 g/mol. The molecule has 0 spiro atoms. The largest absolute Gasteiger partial charge is 0.508 e. The first kappa shape index (κ1) is 11.8. The van der Waals surface area contributed by atoms with Crippen LogP contribution in [0.1, 0.15) is 10.4 Å². The third-order valence-electron chi connectivity index (χ3n) is 2.37. The first-order chi connectivity index (χ1) is 8.56. The van der Waals surface area contributed by atoms with E-state index in [9.17, 15) is 15.0 Å². The lowest BCUT2D eigenvalue weighted by Crippen LogP contribution is -2.12. The summed E-state index contributed by atoms with van der Waals surface area (Å²) in [5, 5.41) is 21.2. The fourth-order valence-corrected chi connectivity index (χ4v) is 1.53. The lowest BCUT2D eigenvalue weighted by molar-refractivity contribution is 0.102. The lowest BCUT2D eigenvalue weighted by Gasteiger charge is -2.08. The molecule has 0 aromatic heterocycles. The van der Waals surface area contributed by atoms with Crippen molar-refractivity contribution in [2.75, 3.05) is 11.1 Å². The van der Waals surface area contributed by atoms with Gasteiger partial charge in [-0.1, -0.05) is 12.1 Å². The van der Waals surface area contributed by atoms with Crippen LogP contribution in [0.25, 0.3) is 0 Å². The van der Waals surface area contributed by atoms with Gasteiger partial charge in [0.2, 0.25) is 0 Å². The number of benzene rings is 2. The van der Waals surface area contributed by atoms with E-state index in [1.54, 1.807) is 24.3 Å². The summed E-state index contributed by atoms with van der Waals surface area (Å²) in [6.45, 7) is 0. The van der Waals surface area contributed by atoms with Crippen LogP contribution in [0.15, 0.2) is 42.5 Å². The van der Waals surface area contributed by atoms with Crippen molar-refractivity contribution in [3.63, 3.8) is 0 Å². The summed E-state index contributed by atoms with van der Waals surface area (Å²) >= 11 is 0. The van der Waals surface area contributed by atoms with Gasteiger partial charge in [0.05, 0.1) is 11.4 Å². The van der Waals surface area contributed by atoms with E-state index in [2.05, 4.69) is 5.32 Å². The number of nitrogen functional groups attached to an aromatic ring is 1. The predicted molar refractivity (Wildman–Crippen MR) is 68.6 cm³/mol. The summed E-state index contributed by atoms with van der Waals surface area (Å²) in [5.74, 6) is -0.818. The molecule has 0 saturated carbocycles. The number of hydrogen-bond donors (Lipinski definition) is 4. The highest BCUT2D eigenvalue weighted by Gasteiger charge is 2.10. The van der Waals surface area contributed by atoms with E-state index in [1.807, 2.05) is 0 Å². The second-order valence-corrected chi connectivity index (χ2v) is 3.78. The van der Waals surface area contributed by atoms with E-state index in [-0.39, 0.29) is 17.1 Å². The van der Waals surface area contributed by atoms with Gasteiger partial charge in [0.1, 0.15) is 11.5 Å². The molecule has 0 unspecified atom stereocenters. The van der Waals surface area contributed by atoms with Crippen LogP contribution >= 0.6 is 0 Å². The van der Waals surface area contributed by atoms with Gasteiger partial charge in [0, 0.05) is 11.6 Å². The monoisotopic (exact) mass is 244 g/mol. The number of nitrogens with one attached hydrogen (secondary N) is 1. The molecule has 0 heterocycles. The minimum absolute atomic E-state index is 0.149. The number of rotatable bonds is 2. The third kappa shape index (κ3) is 2.52. The molecule has 0 radical (unpaired) electrons. The Bertz CT molecular complexity index is 576. The fourth-order valence-electron chi connectivity index (χ4n) is 1.53. The molecule has 0 aliphatic heterocycles. The summed E-state index contributed by atoms with van der Waals surface area (Å²) in [5.41, 5.74) is 6.76. The second kappa shape index (κ2) is 4.67. The molecule has 0 fully saturated rings. The van der Waals surface area contributed by atoms with E-state index in [1.165, 1.54) is 12.1 Å². The van der Waals surface area contributed by atoms with Crippen molar-refractivity contribution in [3.05, 3.63) is 48.0 Å². The van der Waals surface area contributed by atoms with Crippen molar-refractivity contribution < 1.29 is 15.0 Å². The first-order valence-corrected chi connectivity index (χ1v) is 5.25. The molecule has 0 aliphatic rings. The Morgan fingerprint density at radius 1 is 1.06 bits per heavy atom. The fraction of sp³-hybridized carbons (Fsp3) is 0. The Morgan fingerprint density at radius 3 is 2.28 bits per heavy atom. The average Bonchev–Trinajstić information content (AvgIpc) is 2.31. The van der Waals surface area contributed by atoms with Crippen LogP contribution in [-0.2, 0) is 0 Å². The zero-order chi connectivity index (χ0) is 13.1. The molecule has 5 heteroatoms. The minimum atomic E-state index is -0.459. The number of amides is 1. The molecular weight excluding hydrogens is 232 g/mol. The van der Waals surface area contributed by atoms with E-state index < -0.39 is 5.91 Å². The molecule has 0 atom stereocenters. The Morgan fingerprint density at radius 2 is 1.67 bits per heavy atom. The topological polar surface area (TPSA) is 95.6 Å². The van der Waals surface area contributed by atoms with Gasteiger partial charge < -0.3 is 21.3 Å². The maximum atomic E-state index is 11.9. The number of nitrogens with two attached hydrogens (primary N) is 1. The van der Waals surface area contributed by atoms with Gasteiger partial charge in [-0.2, -0.15) is 0 Å². The van der Waals surface area contributed by atoms with E-state index in [0.717, 1.165) is 6.07 Å². The number of anilines is 2. The Kier molecular flexibility index (Phi) is 3.05. The van der Waals surface area contributed by atoms with Crippen LogP contribution in [0.2, 0.25) is 0 Å².